The van der Waals surface area contributed by atoms with Crippen LogP contribution in [0.25, 0.3) is 11.0 Å². The summed E-state index contributed by atoms with van der Waals surface area (Å²) in [4.78, 5) is 35.0. The third-order valence-corrected chi connectivity index (χ3v) is 5.53. The second kappa shape index (κ2) is 11.6. The summed E-state index contributed by atoms with van der Waals surface area (Å²) in [6.45, 7) is 12.5. The molecule has 7 heteroatoms. The third kappa shape index (κ3) is 6.76. The lowest BCUT2D eigenvalue weighted by Gasteiger charge is -2.31. The Bertz CT molecular complexity index is 1120. The smallest absolute Gasteiger partial charge is 0.323 e. The van der Waals surface area contributed by atoms with Crippen LogP contribution in [0.1, 0.15) is 52.5 Å². The largest absolute Gasteiger partial charge is 0.369 e. The summed E-state index contributed by atoms with van der Waals surface area (Å²) in [5.41, 5.74) is 4.84. The molecule has 0 unspecified atom stereocenters. The van der Waals surface area contributed by atoms with E-state index >= 15 is 0 Å². The van der Waals surface area contributed by atoms with E-state index in [2.05, 4.69) is 65.3 Å². The van der Waals surface area contributed by atoms with Gasteiger partial charge in [-0.1, -0.05) is 40.7 Å². The maximum atomic E-state index is 13.0. The quantitative estimate of drug-likeness (QED) is 0.357. The highest BCUT2D eigenvalue weighted by Gasteiger charge is 2.18. The van der Waals surface area contributed by atoms with Gasteiger partial charge in [0.15, 0.2) is 0 Å². The first kappa shape index (κ1) is 25.1. The summed E-state index contributed by atoms with van der Waals surface area (Å²) in [6, 6.07) is 11.2. The van der Waals surface area contributed by atoms with E-state index in [9.17, 15) is 9.59 Å². The highest BCUT2D eigenvalue weighted by Crippen LogP contribution is 2.32. The number of benzene rings is 2. The molecule has 0 radical (unpaired) electrons. The molecule has 7 nitrogen and oxygen atoms in total. The van der Waals surface area contributed by atoms with Crippen LogP contribution in [0.15, 0.2) is 48.8 Å². The molecule has 0 aliphatic carbocycles. The molecule has 2 aromatic carbocycles. The van der Waals surface area contributed by atoms with E-state index < -0.39 is 0 Å². The molecule has 0 aliphatic rings. The number of aldehydes is 1. The molecule has 1 atom stereocenters. The predicted molar refractivity (Wildman–Crippen MR) is 140 cm³/mol. The Labute approximate surface area is 202 Å². The first-order valence-electron chi connectivity index (χ1n) is 11.9. The fraction of sp³-hybridized carbons (Fsp3) is 0.407. The third-order valence-electron chi connectivity index (χ3n) is 5.53. The van der Waals surface area contributed by atoms with Crippen molar-refractivity contribution < 1.29 is 9.59 Å². The molecule has 2 amide bonds. The molecule has 1 aromatic heterocycles. The molecule has 180 valence electrons. The Hall–Kier alpha value is -3.48. The van der Waals surface area contributed by atoms with Crippen molar-refractivity contribution in [2.24, 2.45) is 11.8 Å². The van der Waals surface area contributed by atoms with Gasteiger partial charge in [-0.05, 0) is 53.6 Å². The van der Waals surface area contributed by atoms with Crippen molar-refractivity contribution in [2.45, 2.75) is 47.0 Å². The van der Waals surface area contributed by atoms with Crippen LogP contribution in [0, 0.1) is 11.8 Å². The summed E-state index contributed by atoms with van der Waals surface area (Å²) in [6.07, 6.45) is 4.64. The summed E-state index contributed by atoms with van der Waals surface area (Å²) >= 11 is 0. The topological polar surface area (TPSA) is 87.2 Å². The second-order valence-corrected chi connectivity index (χ2v) is 9.61. The van der Waals surface area contributed by atoms with E-state index in [1.165, 1.54) is 0 Å². The minimum absolute atomic E-state index is 0.0675. The van der Waals surface area contributed by atoms with Crippen molar-refractivity contribution in [2.75, 3.05) is 28.6 Å². The summed E-state index contributed by atoms with van der Waals surface area (Å²) in [5.74, 6) is 0.999. The van der Waals surface area contributed by atoms with Gasteiger partial charge in [-0.2, -0.15) is 0 Å². The van der Waals surface area contributed by atoms with Crippen molar-refractivity contribution in [3.8, 4) is 0 Å². The van der Waals surface area contributed by atoms with Crippen molar-refractivity contribution in [1.82, 2.24) is 9.97 Å². The lowest BCUT2D eigenvalue weighted by Crippen LogP contribution is -2.32. The normalized spacial score (nSPS) is 12.1. The Morgan fingerprint density at radius 3 is 2.24 bits per heavy atom. The molecule has 2 N–H and O–H groups in total. The number of amides is 2. The SMILES string of the molecule is CC(C)CN(CC(C)C)c1ccc([C@@H](C)CC=O)cc1NC(=O)Nc1ccc2nccnc2c1. The Morgan fingerprint density at radius 1 is 0.912 bits per heavy atom. The molecular formula is C27H35N5O2. The van der Waals surface area contributed by atoms with Crippen LogP contribution < -0.4 is 15.5 Å². The van der Waals surface area contributed by atoms with Crippen molar-refractivity contribution in [1.29, 1.82) is 0 Å². The number of aromatic nitrogens is 2. The van der Waals surface area contributed by atoms with Gasteiger partial charge in [-0.15, -0.1) is 0 Å². The van der Waals surface area contributed by atoms with Gasteiger partial charge in [0.05, 0.1) is 22.4 Å². The van der Waals surface area contributed by atoms with E-state index in [1.807, 2.05) is 25.1 Å². The van der Waals surface area contributed by atoms with E-state index in [-0.39, 0.29) is 11.9 Å². The Kier molecular flexibility index (Phi) is 8.57. The monoisotopic (exact) mass is 461 g/mol. The molecule has 0 aliphatic heterocycles. The predicted octanol–water partition coefficient (Wildman–Crippen LogP) is 6.08. The molecule has 1 heterocycles. The molecule has 0 bridgehead atoms. The van der Waals surface area contributed by atoms with Gasteiger partial charge in [0, 0.05) is 37.6 Å². The van der Waals surface area contributed by atoms with Crippen molar-refractivity contribution in [3.63, 3.8) is 0 Å². The number of hydrogen-bond donors (Lipinski definition) is 2. The van der Waals surface area contributed by atoms with E-state index in [0.717, 1.165) is 41.8 Å². The van der Waals surface area contributed by atoms with Crippen molar-refractivity contribution in [3.05, 3.63) is 54.4 Å². The van der Waals surface area contributed by atoms with Crippen LogP contribution in [0.5, 0.6) is 0 Å². The number of nitrogens with zero attached hydrogens (tertiary/aromatic N) is 3. The van der Waals surface area contributed by atoms with Gasteiger partial charge in [0.1, 0.15) is 6.29 Å². The molecule has 3 rings (SSSR count). The summed E-state index contributed by atoms with van der Waals surface area (Å²) in [5, 5.41) is 5.97. The van der Waals surface area contributed by atoms with E-state index in [1.54, 1.807) is 18.5 Å². The molecule has 0 fully saturated rings. The standard InChI is InChI=1S/C27H35N5O2/c1-18(2)16-32(17-19(3)4)26-9-6-21(20(5)10-13-33)14-25(26)31-27(34)30-22-7-8-23-24(15-22)29-12-11-28-23/h6-9,11-15,18-20H,10,16-17H2,1-5H3,(H2,30,31,34)/t20-/m0/s1. The number of carbonyl (C=O) groups is 2. The van der Waals surface area contributed by atoms with E-state index in [4.69, 9.17) is 0 Å². The average molecular weight is 462 g/mol. The molecule has 0 saturated carbocycles. The number of carbonyl (C=O) groups excluding carboxylic acids is 2. The zero-order valence-electron chi connectivity index (χ0n) is 20.7. The van der Waals surface area contributed by atoms with Crippen LogP contribution in [-0.4, -0.2) is 35.4 Å². The minimum Gasteiger partial charge on any atom is -0.369 e. The van der Waals surface area contributed by atoms with Gasteiger partial charge in [-0.3, -0.25) is 9.97 Å². The maximum absolute atomic E-state index is 13.0. The lowest BCUT2D eigenvalue weighted by molar-refractivity contribution is -0.108. The fourth-order valence-electron chi connectivity index (χ4n) is 3.99. The van der Waals surface area contributed by atoms with E-state index in [0.29, 0.717) is 29.5 Å². The molecule has 3 aromatic rings. The van der Waals surface area contributed by atoms with Gasteiger partial charge in [-0.25, -0.2) is 4.79 Å². The number of rotatable bonds is 10. The zero-order valence-corrected chi connectivity index (χ0v) is 20.7. The minimum atomic E-state index is -0.335. The highest BCUT2D eigenvalue weighted by atomic mass is 16.2. The Balaban J connectivity index is 1.90. The van der Waals surface area contributed by atoms with Crippen LogP contribution in [0.2, 0.25) is 0 Å². The summed E-state index contributed by atoms with van der Waals surface area (Å²) < 4.78 is 0. The van der Waals surface area contributed by atoms with Gasteiger partial charge in [0.25, 0.3) is 0 Å². The van der Waals surface area contributed by atoms with Crippen LogP contribution >= 0.6 is 0 Å². The summed E-state index contributed by atoms with van der Waals surface area (Å²) in [7, 11) is 0. The van der Waals surface area contributed by atoms with Gasteiger partial charge in [0.2, 0.25) is 0 Å². The highest BCUT2D eigenvalue weighted by molar-refractivity contribution is 6.02. The Morgan fingerprint density at radius 2 is 1.59 bits per heavy atom. The zero-order chi connectivity index (χ0) is 24.7. The van der Waals surface area contributed by atoms with Crippen molar-refractivity contribution >= 4 is 40.4 Å². The van der Waals surface area contributed by atoms with Crippen LogP contribution in [0.3, 0.4) is 0 Å². The molecule has 0 spiro atoms. The van der Waals surface area contributed by atoms with Gasteiger partial charge < -0.3 is 20.3 Å². The number of anilines is 3. The maximum Gasteiger partial charge on any atom is 0.323 e. The number of nitrogens with one attached hydrogen (secondary N) is 2. The molecule has 34 heavy (non-hydrogen) atoms. The van der Waals surface area contributed by atoms with Crippen LogP contribution in [-0.2, 0) is 4.79 Å². The lowest BCUT2D eigenvalue weighted by atomic mass is 9.97. The number of urea groups is 1. The first-order chi connectivity index (χ1) is 16.3. The molecule has 0 saturated heterocycles. The van der Waals surface area contributed by atoms with Gasteiger partial charge >= 0.3 is 6.03 Å². The number of hydrogen-bond acceptors (Lipinski definition) is 5. The average Bonchev–Trinajstić information content (AvgIpc) is 2.78. The fourth-order valence-corrected chi connectivity index (χ4v) is 3.99. The first-order valence-corrected chi connectivity index (χ1v) is 11.9. The second-order valence-electron chi connectivity index (χ2n) is 9.61. The number of fused-ring (bicyclic) bond motifs is 1. The van der Waals surface area contributed by atoms with Crippen LogP contribution in [0.4, 0.5) is 21.9 Å². The molecular weight excluding hydrogens is 426 g/mol.